The minimum absolute atomic E-state index is 0.290. The van der Waals surface area contributed by atoms with Gasteiger partial charge in [0.2, 0.25) is 5.91 Å². The van der Waals surface area contributed by atoms with E-state index in [1.54, 1.807) is 7.11 Å². The van der Waals surface area contributed by atoms with Crippen molar-refractivity contribution in [3.05, 3.63) is 65.7 Å². The van der Waals surface area contributed by atoms with Crippen LogP contribution in [0.25, 0.3) is 0 Å². The zero-order chi connectivity index (χ0) is 21.8. The van der Waals surface area contributed by atoms with Gasteiger partial charge in [0.1, 0.15) is 5.75 Å². The summed E-state index contributed by atoms with van der Waals surface area (Å²) in [5.74, 6) is 1.74. The van der Waals surface area contributed by atoms with Crippen LogP contribution in [0.2, 0.25) is 0 Å². The van der Waals surface area contributed by atoms with Crippen molar-refractivity contribution in [2.45, 2.75) is 63.8 Å². The average Bonchev–Trinajstić information content (AvgIpc) is 2.83. The first-order chi connectivity index (χ1) is 14.7. The number of benzene rings is 2. The third-order valence-corrected chi connectivity index (χ3v) is 6.00. The Morgan fingerprint density at radius 1 is 1.10 bits per heavy atom. The van der Waals surface area contributed by atoms with Gasteiger partial charge < -0.3 is 14.7 Å². The van der Waals surface area contributed by atoms with Crippen LogP contribution in [0.4, 0.5) is 0 Å². The minimum Gasteiger partial charge on any atom is -0.496 e. The summed E-state index contributed by atoms with van der Waals surface area (Å²) in [6, 6.07) is 19.2. The molecule has 1 heterocycles. The molecule has 0 spiro atoms. The minimum atomic E-state index is 0.290. The predicted octanol–water partition coefficient (Wildman–Crippen LogP) is 5.20. The number of para-hydroxylation sites is 1. The summed E-state index contributed by atoms with van der Waals surface area (Å²) in [4.78, 5) is 15.2. The number of amides is 1. The fraction of sp³-hybridized carbons (Fsp3) is 0.500. The molecule has 2 aromatic rings. The van der Waals surface area contributed by atoms with Gasteiger partial charge in [-0.2, -0.15) is 0 Å². The van der Waals surface area contributed by atoms with E-state index >= 15 is 0 Å². The Balaban J connectivity index is 0.00000155. The summed E-state index contributed by atoms with van der Waals surface area (Å²) < 4.78 is 5.44. The SMILES string of the molecule is CCCCC1CC(c2ccccc2)CCN1C(=O)CCc1ccccc1OC.CO. The Kier molecular flexibility index (Phi) is 10.4. The average molecular weight is 412 g/mol. The topological polar surface area (TPSA) is 49.8 Å². The van der Waals surface area contributed by atoms with Crippen LogP contribution in [0, 0.1) is 0 Å². The second kappa shape index (κ2) is 13.1. The van der Waals surface area contributed by atoms with Crippen LogP contribution in [0.3, 0.4) is 0 Å². The Bertz CT molecular complexity index is 747. The number of unbranched alkanes of at least 4 members (excludes halogenated alkanes) is 1. The lowest BCUT2D eigenvalue weighted by atomic mass is 9.83. The summed E-state index contributed by atoms with van der Waals surface area (Å²) in [5, 5.41) is 7.00. The smallest absolute Gasteiger partial charge is 0.223 e. The molecule has 1 amide bonds. The van der Waals surface area contributed by atoms with Crippen molar-refractivity contribution in [1.82, 2.24) is 4.90 Å². The molecule has 1 N–H and O–H groups in total. The van der Waals surface area contributed by atoms with E-state index in [4.69, 9.17) is 9.84 Å². The van der Waals surface area contributed by atoms with Gasteiger partial charge in [0.05, 0.1) is 7.11 Å². The predicted molar refractivity (Wildman–Crippen MR) is 123 cm³/mol. The van der Waals surface area contributed by atoms with E-state index in [9.17, 15) is 4.79 Å². The maximum atomic E-state index is 13.1. The van der Waals surface area contributed by atoms with Crippen LogP contribution < -0.4 is 4.74 Å². The second-order valence-corrected chi connectivity index (χ2v) is 7.83. The molecule has 30 heavy (non-hydrogen) atoms. The third-order valence-electron chi connectivity index (χ3n) is 6.00. The summed E-state index contributed by atoms with van der Waals surface area (Å²) in [5.41, 5.74) is 2.53. The fourth-order valence-corrected chi connectivity index (χ4v) is 4.42. The lowest BCUT2D eigenvalue weighted by Gasteiger charge is -2.40. The number of piperidine rings is 1. The quantitative estimate of drug-likeness (QED) is 0.649. The normalized spacial score (nSPS) is 18.3. The molecule has 1 saturated heterocycles. The molecule has 0 aliphatic carbocycles. The molecule has 1 aliphatic heterocycles. The highest BCUT2D eigenvalue weighted by Gasteiger charge is 2.31. The molecule has 2 atom stereocenters. The maximum Gasteiger partial charge on any atom is 0.223 e. The number of aliphatic hydroxyl groups is 1. The largest absolute Gasteiger partial charge is 0.496 e. The zero-order valence-corrected chi connectivity index (χ0v) is 18.7. The molecule has 3 rings (SSSR count). The Hall–Kier alpha value is -2.33. The van der Waals surface area contributed by atoms with Gasteiger partial charge in [0.15, 0.2) is 0 Å². The Labute approximate surface area is 181 Å². The number of rotatable bonds is 8. The fourth-order valence-electron chi connectivity index (χ4n) is 4.42. The van der Waals surface area contributed by atoms with Gasteiger partial charge in [-0.15, -0.1) is 0 Å². The van der Waals surface area contributed by atoms with Crippen molar-refractivity contribution < 1.29 is 14.6 Å². The number of methoxy groups -OCH3 is 1. The molecule has 1 fully saturated rings. The standard InChI is InChI=1S/C25H33NO2.CH4O/c1-3-4-13-23-19-22(20-10-6-5-7-11-20)17-18-26(23)25(27)16-15-21-12-8-9-14-24(21)28-2;1-2/h5-12,14,22-23H,3-4,13,15-19H2,1-2H3;2H,1H3. The molecule has 164 valence electrons. The van der Waals surface area contributed by atoms with Crippen LogP contribution in [0.15, 0.2) is 54.6 Å². The third kappa shape index (κ3) is 6.60. The first-order valence-corrected chi connectivity index (χ1v) is 11.1. The van der Waals surface area contributed by atoms with Crippen LogP contribution in [-0.2, 0) is 11.2 Å². The highest BCUT2D eigenvalue weighted by atomic mass is 16.5. The number of nitrogens with zero attached hydrogens (tertiary/aromatic N) is 1. The summed E-state index contributed by atoms with van der Waals surface area (Å²) in [6.45, 7) is 3.10. The van der Waals surface area contributed by atoms with Crippen molar-refractivity contribution in [2.24, 2.45) is 0 Å². The summed E-state index contributed by atoms with van der Waals surface area (Å²) in [6.07, 6.45) is 6.91. The van der Waals surface area contributed by atoms with Crippen LogP contribution in [0.5, 0.6) is 5.75 Å². The molecule has 0 aromatic heterocycles. The number of hydrogen-bond acceptors (Lipinski definition) is 3. The molecular formula is C26H37NO3. The molecule has 1 aliphatic rings. The maximum absolute atomic E-state index is 13.1. The highest BCUT2D eigenvalue weighted by molar-refractivity contribution is 5.77. The number of carbonyl (C=O) groups is 1. The summed E-state index contributed by atoms with van der Waals surface area (Å²) >= 11 is 0. The van der Waals surface area contributed by atoms with Crippen LogP contribution in [0.1, 0.15) is 62.5 Å². The van der Waals surface area contributed by atoms with Gasteiger partial charge in [-0.1, -0.05) is 68.3 Å². The number of likely N-dealkylation sites (tertiary alicyclic amines) is 1. The molecule has 2 aromatic carbocycles. The van der Waals surface area contributed by atoms with Gasteiger partial charge in [0.25, 0.3) is 0 Å². The molecule has 2 unspecified atom stereocenters. The van der Waals surface area contributed by atoms with Crippen molar-refractivity contribution in [3.8, 4) is 5.75 Å². The molecule has 0 saturated carbocycles. The van der Waals surface area contributed by atoms with Crippen molar-refractivity contribution in [2.75, 3.05) is 20.8 Å². The van der Waals surface area contributed by atoms with Gasteiger partial charge >= 0.3 is 0 Å². The number of ether oxygens (including phenoxy) is 1. The van der Waals surface area contributed by atoms with Gasteiger partial charge in [0, 0.05) is 26.1 Å². The van der Waals surface area contributed by atoms with E-state index in [0.717, 1.165) is 50.7 Å². The first-order valence-electron chi connectivity index (χ1n) is 11.1. The first kappa shape index (κ1) is 23.9. The van der Waals surface area contributed by atoms with E-state index in [1.165, 1.54) is 18.4 Å². The van der Waals surface area contributed by atoms with Crippen LogP contribution in [-0.4, -0.2) is 42.7 Å². The molecule has 0 radical (unpaired) electrons. The van der Waals surface area contributed by atoms with E-state index in [-0.39, 0.29) is 0 Å². The molecule has 0 bridgehead atoms. The molecular weight excluding hydrogens is 374 g/mol. The molecule has 4 heteroatoms. The summed E-state index contributed by atoms with van der Waals surface area (Å²) in [7, 11) is 2.69. The van der Waals surface area contributed by atoms with Crippen molar-refractivity contribution in [1.29, 1.82) is 0 Å². The van der Waals surface area contributed by atoms with E-state index in [2.05, 4.69) is 48.2 Å². The number of carbonyl (C=O) groups excluding carboxylic acids is 1. The Morgan fingerprint density at radius 3 is 2.50 bits per heavy atom. The molecule has 4 nitrogen and oxygen atoms in total. The highest BCUT2D eigenvalue weighted by Crippen LogP contribution is 2.34. The van der Waals surface area contributed by atoms with E-state index in [0.29, 0.717) is 24.3 Å². The number of aliphatic hydroxyl groups excluding tert-OH is 1. The van der Waals surface area contributed by atoms with Gasteiger partial charge in [-0.25, -0.2) is 0 Å². The lowest BCUT2D eigenvalue weighted by Crippen LogP contribution is -2.45. The lowest BCUT2D eigenvalue weighted by molar-refractivity contribution is -0.135. The van der Waals surface area contributed by atoms with E-state index in [1.807, 2.05) is 18.2 Å². The van der Waals surface area contributed by atoms with Crippen molar-refractivity contribution >= 4 is 5.91 Å². The van der Waals surface area contributed by atoms with Crippen LogP contribution >= 0.6 is 0 Å². The van der Waals surface area contributed by atoms with Gasteiger partial charge in [-0.05, 0) is 48.8 Å². The zero-order valence-electron chi connectivity index (χ0n) is 18.7. The van der Waals surface area contributed by atoms with E-state index < -0.39 is 0 Å². The monoisotopic (exact) mass is 411 g/mol. The number of hydrogen-bond donors (Lipinski definition) is 1. The Morgan fingerprint density at radius 2 is 1.80 bits per heavy atom. The second-order valence-electron chi connectivity index (χ2n) is 7.83. The number of aryl methyl sites for hydroxylation is 1. The van der Waals surface area contributed by atoms with Gasteiger partial charge in [-0.3, -0.25) is 4.79 Å². The van der Waals surface area contributed by atoms with Crippen molar-refractivity contribution in [3.63, 3.8) is 0 Å².